The van der Waals surface area contributed by atoms with Crippen LogP contribution in [0.4, 0.5) is 5.82 Å². The van der Waals surface area contributed by atoms with Gasteiger partial charge < -0.3 is 19.3 Å². The topological polar surface area (TPSA) is 58.1 Å². The van der Waals surface area contributed by atoms with Crippen LogP contribution in [0.2, 0.25) is 0 Å². The number of piperazine rings is 1. The van der Waals surface area contributed by atoms with Gasteiger partial charge in [0, 0.05) is 69.7 Å². The third kappa shape index (κ3) is 6.05. The van der Waals surface area contributed by atoms with Gasteiger partial charge in [0.15, 0.2) is 0 Å². The average Bonchev–Trinajstić information content (AvgIpc) is 2.88. The molecule has 4 rings (SSSR count). The quantitative estimate of drug-likeness (QED) is 0.604. The molecule has 2 saturated heterocycles. The average molecular weight is 451 g/mol. The number of nitrogens with zero attached hydrogens (tertiary/aromatic N) is 4. The molecule has 1 aromatic heterocycles. The summed E-state index contributed by atoms with van der Waals surface area (Å²) in [6.07, 6.45) is 7.60. The highest BCUT2D eigenvalue weighted by molar-refractivity contribution is 5.92. The Morgan fingerprint density at radius 2 is 1.94 bits per heavy atom. The van der Waals surface area contributed by atoms with Crippen molar-refractivity contribution in [3.05, 3.63) is 54.2 Å². The van der Waals surface area contributed by atoms with E-state index in [4.69, 9.17) is 9.47 Å². The summed E-state index contributed by atoms with van der Waals surface area (Å²) in [6, 6.07) is 11.7. The number of pyridine rings is 1. The number of anilines is 1. The first-order valence-electron chi connectivity index (χ1n) is 11.7. The molecule has 0 saturated carbocycles. The monoisotopic (exact) mass is 450 g/mol. The Hall–Kier alpha value is -3.06. The van der Waals surface area contributed by atoms with E-state index in [0.717, 1.165) is 69.4 Å². The van der Waals surface area contributed by atoms with Gasteiger partial charge in [0.05, 0.1) is 14.2 Å². The van der Waals surface area contributed by atoms with E-state index in [1.165, 1.54) is 6.42 Å². The summed E-state index contributed by atoms with van der Waals surface area (Å²) in [7, 11) is 3.25. The summed E-state index contributed by atoms with van der Waals surface area (Å²) >= 11 is 0. The molecule has 2 aromatic rings. The maximum Gasteiger partial charge on any atom is 0.246 e. The molecule has 2 fully saturated rings. The summed E-state index contributed by atoms with van der Waals surface area (Å²) < 4.78 is 10.7. The maximum absolute atomic E-state index is 12.9. The molecule has 0 N–H and O–H groups in total. The van der Waals surface area contributed by atoms with Crippen molar-refractivity contribution < 1.29 is 14.3 Å². The number of carbonyl (C=O) groups excluding carboxylic acids is 1. The third-order valence-electron chi connectivity index (χ3n) is 6.54. The van der Waals surface area contributed by atoms with E-state index in [0.29, 0.717) is 11.7 Å². The van der Waals surface area contributed by atoms with E-state index in [2.05, 4.69) is 20.9 Å². The van der Waals surface area contributed by atoms with Gasteiger partial charge in [-0.25, -0.2) is 4.98 Å². The lowest BCUT2D eigenvalue weighted by Crippen LogP contribution is -2.50. The zero-order chi connectivity index (χ0) is 23.0. The van der Waals surface area contributed by atoms with E-state index in [1.807, 2.05) is 47.5 Å². The number of piperidine rings is 1. The Morgan fingerprint density at radius 3 is 2.67 bits per heavy atom. The molecule has 3 heterocycles. The molecule has 0 radical (unpaired) electrons. The summed E-state index contributed by atoms with van der Waals surface area (Å²) in [6.45, 7) is 6.78. The minimum atomic E-state index is 0.0672. The van der Waals surface area contributed by atoms with Gasteiger partial charge in [-0.3, -0.25) is 9.69 Å². The molecule has 1 aromatic carbocycles. The van der Waals surface area contributed by atoms with Crippen LogP contribution in [0.25, 0.3) is 6.08 Å². The Labute approximate surface area is 196 Å². The summed E-state index contributed by atoms with van der Waals surface area (Å²) in [5.41, 5.74) is 0.867. The third-order valence-corrected chi connectivity index (χ3v) is 6.54. The first-order valence-corrected chi connectivity index (χ1v) is 11.7. The lowest BCUT2D eigenvalue weighted by Gasteiger charge is -2.39. The van der Waals surface area contributed by atoms with Crippen LogP contribution in [0.1, 0.15) is 18.4 Å². The molecule has 1 atom stereocenters. The van der Waals surface area contributed by atoms with Crippen molar-refractivity contribution in [1.82, 2.24) is 14.8 Å². The number of rotatable bonds is 7. The molecule has 2 aliphatic heterocycles. The number of benzene rings is 1. The van der Waals surface area contributed by atoms with Gasteiger partial charge in [-0.1, -0.05) is 6.07 Å². The van der Waals surface area contributed by atoms with Gasteiger partial charge in [-0.15, -0.1) is 0 Å². The summed E-state index contributed by atoms with van der Waals surface area (Å²) in [4.78, 5) is 24.2. The van der Waals surface area contributed by atoms with E-state index in [1.54, 1.807) is 20.3 Å². The summed E-state index contributed by atoms with van der Waals surface area (Å²) in [5.74, 6) is 3.08. The fourth-order valence-corrected chi connectivity index (χ4v) is 4.70. The SMILES string of the molecule is COc1ccc(/C=C/C(=O)N2CCCC(CN3CCN(c4ccccn4)CC3)C2)c(OC)c1. The van der Waals surface area contributed by atoms with Crippen molar-refractivity contribution in [2.75, 3.05) is 64.9 Å². The zero-order valence-corrected chi connectivity index (χ0v) is 19.7. The Balaban J connectivity index is 1.28. The Kier molecular flexibility index (Phi) is 7.83. The van der Waals surface area contributed by atoms with Crippen molar-refractivity contribution in [3.63, 3.8) is 0 Å². The van der Waals surface area contributed by atoms with Gasteiger partial charge >= 0.3 is 0 Å². The van der Waals surface area contributed by atoms with Crippen LogP contribution in [-0.4, -0.2) is 80.7 Å². The van der Waals surface area contributed by atoms with Crippen molar-refractivity contribution >= 4 is 17.8 Å². The van der Waals surface area contributed by atoms with Gasteiger partial charge in [-0.2, -0.15) is 0 Å². The molecule has 1 unspecified atom stereocenters. The Bertz CT molecular complexity index is 942. The normalized spacial score (nSPS) is 19.6. The van der Waals surface area contributed by atoms with E-state index in [9.17, 15) is 4.79 Å². The van der Waals surface area contributed by atoms with Crippen LogP contribution < -0.4 is 14.4 Å². The van der Waals surface area contributed by atoms with Crippen molar-refractivity contribution in [2.45, 2.75) is 12.8 Å². The number of hydrogen-bond acceptors (Lipinski definition) is 6. The number of amides is 1. The fraction of sp³-hybridized carbons (Fsp3) is 0.462. The molecule has 0 aliphatic carbocycles. The molecule has 0 spiro atoms. The standard InChI is InChI=1S/C26H34N4O3/c1-32-23-10-8-22(24(18-23)33-2)9-11-26(31)30-13-5-6-21(20-30)19-28-14-16-29(17-15-28)25-7-3-4-12-27-25/h3-4,7-12,18,21H,5-6,13-17,19-20H2,1-2H3/b11-9+. The molecule has 2 aliphatic rings. The minimum absolute atomic E-state index is 0.0672. The second-order valence-electron chi connectivity index (χ2n) is 8.71. The lowest BCUT2D eigenvalue weighted by atomic mass is 9.97. The molecule has 33 heavy (non-hydrogen) atoms. The molecular formula is C26H34N4O3. The summed E-state index contributed by atoms with van der Waals surface area (Å²) in [5, 5.41) is 0. The fourth-order valence-electron chi connectivity index (χ4n) is 4.70. The number of likely N-dealkylation sites (tertiary alicyclic amines) is 1. The van der Waals surface area contributed by atoms with Crippen molar-refractivity contribution in [2.24, 2.45) is 5.92 Å². The van der Waals surface area contributed by atoms with Gasteiger partial charge in [0.25, 0.3) is 0 Å². The second kappa shape index (κ2) is 11.2. The van der Waals surface area contributed by atoms with Gasteiger partial charge in [0.1, 0.15) is 17.3 Å². The van der Waals surface area contributed by atoms with E-state index < -0.39 is 0 Å². The number of ether oxygens (including phenoxy) is 2. The van der Waals surface area contributed by atoms with Crippen LogP contribution in [0.15, 0.2) is 48.7 Å². The number of hydrogen-bond donors (Lipinski definition) is 0. The Morgan fingerprint density at radius 1 is 1.09 bits per heavy atom. The molecule has 7 nitrogen and oxygen atoms in total. The predicted molar refractivity (Wildman–Crippen MR) is 131 cm³/mol. The first-order chi connectivity index (χ1) is 16.2. The largest absolute Gasteiger partial charge is 0.497 e. The van der Waals surface area contributed by atoms with Crippen LogP contribution in [0, 0.1) is 5.92 Å². The highest BCUT2D eigenvalue weighted by Gasteiger charge is 2.26. The van der Waals surface area contributed by atoms with Crippen molar-refractivity contribution in [1.29, 1.82) is 0 Å². The molecule has 7 heteroatoms. The van der Waals surface area contributed by atoms with Gasteiger partial charge in [0.2, 0.25) is 5.91 Å². The van der Waals surface area contributed by atoms with Crippen molar-refractivity contribution in [3.8, 4) is 11.5 Å². The van der Waals surface area contributed by atoms with Crippen LogP contribution in [0.5, 0.6) is 11.5 Å². The van der Waals surface area contributed by atoms with E-state index >= 15 is 0 Å². The molecule has 176 valence electrons. The van der Waals surface area contributed by atoms with E-state index in [-0.39, 0.29) is 5.91 Å². The molecular weight excluding hydrogens is 416 g/mol. The predicted octanol–water partition coefficient (Wildman–Crippen LogP) is 3.17. The smallest absolute Gasteiger partial charge is 0.246 e. The first kappa shape index (κ1) is 23.1. The van der Waals surface area contributed by atoms with Gasteiger partial charge in [-0.05, 0) is 49.1 Å². The second-order valence-corrected chi connectivity index (χ2v) is 8.71. The highest BCUT2D eigenvalue weighted by atomic mass is 16.5. The van der Waals surface area contributed by atoms with Crippen LogP contribution >= 0.6 is 0 Å². The van der Waals surface area contributed by atoms with Crippen LogP contribution in [0.3, 0.4) is 0 Å². The minimum Gasteiger partial charge on any atom is -0.497 e. The van der Waals surface area contributed by atoms with Crippen LogP contribution in [-0.2, 0) is 4.79 Å². The lowest BCUT2D eigenvalue weighted by molar-refractivity contribution is -0.127. The number of carbonyl (C=O) groups is 1. The highest BCUT2D eigenvalue weighted by Crippen LogP contribution is 2.26. The number of aromatic nitrogens is 1. The zero-order valence-electron chi connectivity index (χ0n) is 19.7. The molecule has 1 amide bonds. The number of methoxy groups -OCH3 is 2. The molecule has 0 bridgehead atoms. The maximum atomic E-state index is 12.9.